The van der Waals surface area contributed by atoms with Gasteiger partial charge in [0.25, 0.3) is 0 Å². The summed E-state index contributed by atoms with van der Waals surface area (Å²) in [5.74, 6) is -0.348. The quantitative estimate of drug-likeness (QED) is 0.590. The molecule has 8 heteroatoms. The molecule has 2 aromatic carbocycles. The zero-order valence-corrected chi connectivity index (χ0v) is 16.0. The molecule has 1 aromatic heterocycles. The molecular weight excluding hydrogens is 392 g/mol. The van der Waals surface area contributed by atoms with Crippen molar-refractivity contribution < 1.29 is 38.4 Å². The molecule has 0 bridgehead atoms. The fourth-order valence-corrected chi connectivity index (χ4v) is 3.31. The van der Waals surface area contributed by atoms with Gasteiger partial charge in [0.05, 0.1) is 25.0 Å². The maximum atomic E-state index is 12.0. The number of carboxylic acids is 1. The molecule has 0 fully saturated rings. The number of benzene rings is 2. The standard InChI is InChI=1S/C22H18O8/c1-27-21(24)9-15(14-8-19-20(10-16(14)23)29-11-28-19)18-7-6-17(30-18)12-2-4-13(5-3-12)22(25)26/h2-8,10,15,23H,9,11H2,1H3,(H,25,26)/t15-/m0/s1. The number of phenols is 1. The van der Waals surface area contributed by atoms with Crippen LogP contribution in [-0.4, -0.2) is 36.1 Å². The first-order valence-electron chi connectivity index (χ1n) is 9.09. The number of carbonyl (C=O) groups excluding carboxylic acids is 1. The van der Waals surface area contributed by atoms with Crippen LogP contribution in [0.2, 0.25) is 0 Å². The van der Waals surface area contributed by atoms with E-state index in [1.807, 2.05) is 0 Å². The highest BCUT2D eigenvalue weighted by molar-refractivity contribution is 5.88. The molecule has 8 nitrogen and oxygen atoms in total. The van der Waals surface area contributed by atoms with E-state index in [4.69, 9.17) is 23.7 Å². The molecule has 30 heavy (non-hydrogen) atoms. The van der Waals surface area contributed by atoms with Gasteiger partial charge in [-0.15, -0.1) is 0 Å². The lowest BCUT2D eigenvalue weighted by atomic mass is 9.92. The van der Waals surface area contributed by atoms with E-state index in [0.29, 0.717) is 34.1 Å². The predicted molar refractivity (Wildman–Crippen MR) is 104 cm³/mol. The van der Waals surface area contributed by atoms with Crippen molar-refractivity contribution in [3.63, 3.8) is 0 Å². The van der Waals surface area contributed by atoms with Crippen LogP contribution in [0.25, 0.3) is 11.3 Å². The summed E-state index contributed by atoms with van der Waals surface area (Å²) in [5.41, 5.74) is 1.28. The third-order valence-electron chi connectivity index (χ3n) is 4.88. The van der Waals surface area contributed by atoms with Crippen molar-refractivity contribution in [2.24, 2.45) is 0 Å². The Bertz CT molecular complexity index is 1100. The van der Waals surface area contributed by atoms with Gasteiger partial charge in [-0.25, -0.2) is 4.79 Å². The summed E-state index contributed by atoms with van der Waals surface area (Å²) in [6.07, 6.45) is -0.0609. The summed E-state index contributed by atoms with van der Waals surface area (Å²) >= 11 is 0. The second kappa shape index (κ2) is 7.82. The average molecular weight is 410 g/mol. The van der Waals surface area contributed by atoms with E-state index in [-0.39, 0.29) is 24.5 Å². The molecule has 0 unspecified atom stereocenters. The van der Waals surface area contributed by atoms with Crippen LogP contribution in [0.4, 0.5) is 0 Å². The first-order valence-corrected chi connectivity index (χ1v) is 9.09. The molecule has 2 heterocycles. The molecule has 3 aromatic rings. The van der Waals surface area contributed by atoms with E-state index in [0.717, 1.165) is 0 Å². The molecule has 154 valence electrons. The fraction of sp³-hybridized carbons (Fsp3) is 0.182. The predicted octanol–water partition coefficient (Wildman–Crippen LogP) is 3.77. The van der Waals surface area contributed by atoms with Crippen LogP contribution in [0.1, 0.15) is 34.0 Å². The number of aromatic hydroxyl groups is 1. The average Bonchev–Trinajstić information content (AvgIpc) is 3.41. The Labute approximate surface area is 171 Å². The lowest BCUT2D eigenvalue weighted by Crippen LogP contribution is -2.10. The molecule has 0 amide bonds. The fourth-order valence-electron chi connectivity index (χ4n) is 3.31. The third-order valence-corrected chi connectivity index (χ3v) is 4.88. The van der Waals surface area contributed by atoms with Crippen LogP contribution < -0.4 is 9.47 Å². The van der Waals surface area contributed by atoms with Crippen molar-refractivity contribution in [1.82, 2.24) is 0 Å². The van der Waals surface area contributed by atoms with E-state index in [1.54, 1.807) is 30.3 Å². The molecular formula is C22H18O8. The first kappa shape index (κ1) is 19.4. The minimum absolute atomic E-state index is 0.0527. The van der Waals surface area contributed by atoms with Gasteiger partial charge in [0.2, 0.25) is 6.79 Å². The van der Waals surface area contributed by atoms with Crippen LogP contribution in [0.5, 0.6) is 17.2 Å². The van der Waals surface area contributed by atoms with Gasteiger partial charge >= 0.3 is 11.9 Å². The summed E-state index contributed by atoms with van der Waals surface area (Å²) < 4.78 is 21.4. The zero-order valence-electron chi connectivity index (χ0n) is 16.0. The number of carbonyl (C=O) groups is 2. The number of fused-ring (bicyclic) bond motifs is 1. The molecule has 1 atom stereocenters. The summed E-state index contributed by atoms with van der Waals surface area (Å²) in [4.78, 5) is 23.1. The number of ether oxygens (including phenoxy) is 3. The van der Waals surface area contributed by atoms with Gasteiger partial charge in [0.15, 0.2) is 11.5 Å². The van der Waals surface area contributed by atoms with E-state index in [1.165, 1.54) is 25.3 Å². The summed E-state index contributed by atoms with van der Waals surface area (Å²) in [6, 6.07) is 12.7. The number of carboxylic acid groups (broad SMARTS) is 1. The maximum Gasteiger partial charge on any atom is 0.335 e. The minimum Gasteiger partial charge on any atom is -0.508 e. The molecule has 1 aliphatic heterocycles. The number of hydrogen-bond donors (Lipinski definition) is 2. The highest BCUT2D eigenvalue weighted by atomic mass is 16.7. The first-order chi connectivity index (χ1) is 14.5. The van der Waals surface area contributed by atoms with Crippen LogP contribution in [0.15, 0.2) is 52.9 Å². The Morgan fingerprint density at radius 3 is 2.43 bits per heavy atom. The summed E-state index contributed by atoms with van der Waals surface area (Å²) in [7, 11) is 1.29. The Hall–Kier alpha value is -3.94. The van der Waals surface area contributed by atoms with Crippen molar-refractivity contribution >= 4 is 11.9 Å². The van der Waals surface area contributed by atoms with Gasteiger partial charge in [-0.3, -0.25) is 4.79 Å². The molecule has 0 spiro atoms. The van der Waals surface area contributed by atoms with Crippen LogP contribution in [-0.2, 0) is 9.53 Å². The van der Waals surface area contributed by atoms with E-state index < -0.39 is 17.9 Å². The van der Waals surface area contributed by atoms with Gasteiger partial charge in [-0.05, 0) is 30.3 Å². The maximum absolute atomic E-state index is 12.0. The van der Waals surface area contributed by atoms with Crippen molar-refractivity contribution in [2.45, 2.75) is 12.3 Å². The van der Waals surface area contributed by atoms with E-state index in [9.17, 15) is 14.7 Å². The van der Waals surface area contributed by atoms with Gasteiger partial charge in [0.1, 0.15) is 17.3 Å². The number of aromatic carboxylic acids is 1. The number of furan rings is 1. The third kappa shape index (κ3) is 3.67. The van der Waals surface area contributed by atoms with Gasteiger partial charge < -0.3 is 28.8 Å². The Kier molecular flexibility index (Phi) is 5.05. The van der Waals surface area contributed by atoms with Crippen molar-refractivity contribution in [3.8, 4) is 28.6 Å². The SMILES string of the molecule is COC(=O)C[C@H](c1ccc(-c2ccc(C(=O)O)cc2)o1)c1cc2c(cc1O)OCO2. The number of rotatable bonds is 6. The largest absolute Gasteiger partial charge is 0.508 e. The number of methoxy groups -OCH3 is 1. The van der Waals surface area contributed by atoms with E-state index >= 15 is 0 Å². The molecule has 0 aliphatic carbocycles. The lowest BCUT2D eigenvalue weighted by Gasteiger charge is -2.16. The van der Waals surface area contributed by atoms with Gasteiger partial charge in [-0.2, -0.15) is 0 Å². The molecule has 4 rings (SSSR count). The molecule has 0 saturated carbocycles. The van der Waals surface area contributed by atoms with Gasteiger partial charge in [-0.1, -0.05) is 12.1 Å². The van der Waals surface area contributed by atoms with Crippen molar-refractivity contribution in [1.29, 1.82) is 0 Å². The minimum atomic E-state index is -1.02. The zero-order chi connectivity index (χ0) is 21.3. The highest BCUT2D eigenvalue weighted by Crippen LogP contribution is 2.44. The van der Waals surface area contributed by atoms with Crippen LogP contribution in [0, 0.1) is 0 Å². The lowest BCUT2D eigenvalue weighted by molar-refractivity contribution is -0.140. The second-order valence-electron chi connectivity index (χ2n) is 6.68. The van der Waals surface area contributed by atoms with Crippen molar-refractivity contribution in [2.75, 3.05) is 13.9 Å². The van der Waals surface area contributed by atoms with Crippen LogP contribution >= 0.6 is 0 Å². The van der Waals surface area contributed by atoms with Gasteiger partial charge in [0, 0.05) is 17.2 Å². The highest BCUT2D eigenvalue weighted by Gasteiger charge is 2.28. The number of hydrogen-bond acceptors (Lipinski definition) is 7. The molecule has 2 N–H and O–H groups in total. The Morgan fingerprint density at radius 2 is 1.77 bits per heavy atom. The van der Waals surface area contributed by atoms with E-state index in [2.05, 4.69) is 0 Å². The summed E-state index contributed by atoms with van der Waals surface area (Å²) in [5, 5.41) is 19.6. The van der Waals surface area contributed by atoms with Crippen LogP contribution in [0.3, 0.4) is 0 Å². The monoisotopic (exact) mass is 410 g/mol. The number of phenolic OH excluding ortho intramolecular Hbond substituents is 1. The normalized spacial score (nSPS) is 13.1. The van der Waals surface area contributed by atoms with Crippen molar-refractivity contribution in [3.05, 3.63) is 65.4 Å². The smallest absolute Gasteiger partial charge is 0.335 e. The summed E-state index contributed by atoms with van der Waals surface area (Å²) in [6.45, 7) is 0.0527. The molecule has 0 saturated heterocycles. The second-order valence-corrected chi connectivity index (χ2v) is 6.68. The number of esters is 1. The Morgan fingerprint density at radius 1 is 1.07 bits per heavy atom. The molecule has 1 aliphatic rings. The topological polar surface area (TPSA) is 115 Å². The Balaban J connectivity index is 1.70. The molecule has 0 radical (unpaired) electrons.